The first-order chi connectivity index (χ1) is 9.13. The van der Waals surface area contributed by atoms with Gasteiger partial charge in [0, 0.05) is 26.4 Å². The quantitative estimate of drug-likeness (QED) is 0.705. The number of rotatable bonds is 8. The number of hydrogen-bond donors (Lipinski definition) is 2. The molecule has 2 N–H and O–H groups in total. The standard InChI is InChI=1S/C14H23N3O2/c1-11(2)6-8-19-9-7-16-14(18)12-4-5-13(15-3)17-10-12/h4-5,10-11H,6-9H2,1-3H3,(H,15,17)(H,16,18). The number of nitrogens with one attached hydrogen (secondary N) is 2. The second-order valence-corrected chi connectivity index (χ2v) is 4.73. The van der Waals surface area contributed by atoms with Crippen molar-refractivity contribution in [1.29, 1.82) is 0 Å². The first-order valence-electron chi connectivity index (χ1n) is 6.63. The van der Waals surface area contributed by atoms with Gasteiger partial charge in [-0.1, -0.05) is 13.8 Å². The van der Waals surface area contributed by atoms with Crippen molar-refractivity contribution in [2.75, 3.05) is 32.1 Å². The second kappa shape index (κ2) is 8.48. The number of amides is 1. The summed E-state index contributed by atoms with van der Waals surface area (Å²) in [7, 11) is 1.79. The van der Waals surface area contributed by atoms with Crippen molar-refractivity contribution in [1.82, 2.24) is 10.3 Å². The minimum atomic E-state index is -0.123. The molecule has 1 aromatic rings. The molecule has 1 amide bonds. The summed E-state index contributed by atoms with van der Waals surface area (Å²) in [5.41, 5.74) is 0.557. The molecule has 1 heterocycles. The molecule has 5 nitrogen and oxygen atoms in total. The van der Waals surface area contributed by atoms with Crippen LogP contribution >= 0.6 is 0 Å². The number of carbonyl (C=O) groups is 1. The van der Waals surface area contributed by atoms with E-state index in [1.807, 2.05) is 0 Å². The van der Waals surface area contributed by atoms with E-state index in [0.29, 0.717) is 24.6 Å². The van der Waals surface area contributed by atoms with Crippen LogP contribution in [0.2, 0.25) is 0 Å². The fourth-order valence-corrected chi connectivity index (χ4v) is 1.44. The van der Waals surface area contributed by atoms with E-state index >= 15 is 0 Å². The van der Waals surface area contributed by atoms with Gasteiger partial charge in [-0.25, -0.2) is 4.98 Å². The number of carbonyl (C=O) groups excluding carboxylic acids is 1. The van der Waals surface area contributed by atoms with E-state index in [4.69, 9.17) is 4.74 Å². The number of anilines is 1. The van der Waals surface area contributed by atoms with Gasteiger partial charge in [0.2, 0.25) is 0 Å². The average molecular weight is 265 g/mol. The lowest BCUT2D eigenvalue weighted by molar-refractivity contribution is 0.0905. The van der Waals surface area contributed by atoms with Gasteiger partial charge in [0.1, 0.15) is 5.82 Å². The molecular weight excluding hydrogens is 242 g/mol. The summed E-state index contributed by atoms with van der Waals surface area (Å²) in [5, 5.41) is 5.71. The van der Waals surface area contributed by atoms with E-state index < -0.39 is 0 Å². The molecule has 0 saturated carbocycles. The highest BCUT2D eigenvalue weighted by atomic mass is 16.5. The summed E-state index contributed by atoms with van der Waals surface area (Å²) in [4.78, 5) is 15.9. The maximum Gasteiger partial charge on any atom is 0.252 e. The average Bonchev–Trinajstić information content (AvgIpc) is 2.42. The molecular formula is C14H23N3O2. The van der Waals surface area contributed by atoms with Gasteiger partial charge >= 0.3 is 0 Å². The molecule has 0 spiro atoms. The summed E-state index contributed by atoms with van der Waals surface area (Å²) in [5.74, 6) is 1.27. The second-order valence-electron chi connectivity index (χ2n) is 4.73. The Labute approximate surface area is 114 Å². The van der Waals surface area contributed by atoms with Crippen molar-refractivity contribution in [2.24, 2.45) is 5.92 Å². The number of nitrogens with zero attached hydrogens (tertiary/aromatic N) is 1. The van der Waals surface area contributed by atoms with Crippen molar-refractivity contribution < 1.29 is 9.53 Å². The molecule has 0 unspecified atom stereocenters. The predicted molar refractivity (Wildman–Crippen MR) is 76.4 cm³/mol. The third-order valence-corrected chi connectivity index (χ3v) is 2.65. The third kappa shape index (κ3) is 6.20. The SMILES string of the molecule is CNc1ccc(C(=O)NCCOCCC(C)C)cn1. The van der Waals surface area contributed by atoms with Crippen molar-refractivity contribution in [2.45, 2.75) is 20.3 Å². The molecule has 0 saturated heterocycles. The first-order valence-corrected chi connectivity index (χ1v) is 6.63. The minimum Gasteiger partial charge on any atom is -0.380 e. The van der Waals surface area contributed by atoms with Gasteiger partial charge in [0.25, 0.3) is 5.91 Å². The van der Waals surface area contributed by atoms with Gasteiger partial charge in [-0.05, 0) is 24.5 Å². The highest BCUT2D eigenvalue weighted by Crippen LogP contribution is 2.03. The van der Waals surface area contributed by atoms with Crippen LogP contribution in [0.25, 0.3) is 0 Å². The molecule has 0 atom stereocenters. The minimum absolute atomic E-state index is 0.123. The van der Waals surface area contributed by atoms with E-state index in [-0.39, 0.29) is 5.91 Å². The normalized spacial score (nSPS) is 10.5. The van der Waals surface area contributed by atoms with E-state index in [1.165, 1.54) is 0 Å². The van der Waals surface area contributed by atoms with Crippen molar-refractivity contribution >= 4 is 11.7 Å². The first kappa shape index (κ1) is 15.4. The van der Waals surface area contributed by atoms with Crippen molar-refractivity contribution in [3.63, 3.8) is 0 Å². The molecule has 0 aliphatic rings. The summed E-state index contributed by atoms with van der Waals surface area (Å²) < 4.78 is 5.43. The molecule has 0 radical (unpaired) electrons. The zero-order valence-electron chi connectivity index (χ0n) is 11.9. The van der Waals surface area contributed by atoms with Crippen LogP contribution in [0.1, 0.15) is 30.6 Å². The Morgan fingerprint density at radius 2 is 2.16 bits per heavy atom. The third-order valence-electron chi connectivity index (χ3n) is 2.65. The molecule has 0 bridgehead atoms. The molecule has 0 aliphatic carbocycles. The molecule has 5 heteroatoms. The van der Waals surface area contributed by atoms with Gasteiger partial charge in [-0.15, -0.1) is 0 Å². The molecule has 106 valence electrons. The largest absolute Gasteiger partial charge is 0.380 e. The maximum absolute atomic E-state index is 11.8. The van der Waals surface area contributed by atoms with Crippen LogP contribution in [0.3, 0.4) is 0 Å². The van der Waals surface area contributed by atoms with E-state index in [0.717, 1.165) is 18.8 Å². The number of hydrogen-bond acceptors (Lipinski definition) is 4. The summed E-state index contributed by atoms with van der Waals surface area (Å²) in [6, 6.07) is 3.52. The summed E-state index contributed by atoms with van der Waals surface area (Å²) in [6.45, 7) is 6.12. The molecule has 0 aliphatic heterocycles. The summed E-state index contributed by atoms with van der Waals surface area (Å²) >= 11 is 0. The monoisotopic (exact) mass is 265 g/mol. The number of ether oxygens (including phenoxy) is 1. The Morgan fingerprint density at radius 1 is 1.37 bits per heavy atom. The van der Waals surface area contributed by atoms with Gasteiger partial charge in [0.05, 0.1) is 12.2 Å². The molecule has 0 fully saturated rings. The Hall–Kier alpha value is -1.62. The molecule has 0 aromatic carbocycles. The van der Waals surface area contributed by atoms with Crippen LogP contribution in [0.15, 0.2) is 18.3 Å². The zero-order valence-corrected chi connectivity index (χ0v) is 11.9. The topological polar surface area (TPSA) is 63.2 Å². The lowest BCUT2D eigenvalue weighted by Crippen LogP contribution is -2.27. The van der Waals surface area contributed by atoms with Gasteiger partial charge < -0.3 is 15.4 Å². The van der Waals surface area contributed by atoms with E-state index in [2.05, 4.69) is 29.5 Å². The van der Waals surface area contributed by atoms with Gasteiger partial charge in [-0.3, -0.25) is 4.79 Å². The van der Waals surface area contributed by atoms with Crippen LogP contribution in [0.5, 0.6) is 0 Å². The fraction of sp³-hybridized carbons (Fsp3) is 0.571. The van der Waals surface area contributed by atoms with Crippen LogP contribution in [-0.4, -0.2) is 37.7 Å². The fourth-order valence-electron chi connectivity index (χ4n) is 1.44. The van der Waals surface area contributed by atoms with Gasteiger partial charge in [-0.2, -0.15) is 0 Å². The Bertz CT molecular complexity index is 377. The van der Waals surface area contributed by atoms with Crippen LogP contribution in [-0.2, 0) is 4.74 Å². The van der Waals surface area contributed by atoms with Crippen LogP contribution < -0.4 is 10.6 Å². The Kier molecular flexibility index (Phi) is 6.89. The van der Waals surface area contributed by atoms with Crippen molar-refractivity contribution in [3.05, 3.63) is 23.9 Å². The smallest absolute Gasteiger partial charge is 0.252 e. The lowest BCUT2D eigenvalue weighted by atomic mass is 10.1. The predicted octanol–water partition coefficient (Wildman–Crippen LogP) is 1.92. The number of pyridine rings is 1. The highest BCUT2D eigenvalue weighted by molar-refractivity contribution is 5.94. The lowest BCUT2D eigenvalue weighted by Gasteiger charge is -2.08. The Morgan fingerprint density at radius 3 is 2.74 bits per heavy atom. The Balaban J connectivity index is 2.20. The van der Waals surface area contributed by atoms with E-state index in [1.54, 1.807) is 25.4 Å². The van der Waals surface area contributed by atoms with Crippen LogP contribution in [0, 0.1) is 5.92 Å². The zero-order chi connectivity index (χ0) is 14.1. The molecule has 1 aromatic heterocycles. The highest BCUT2D eigenvalue weighted by Gasteiger charge is 2.04. The van der Waals surface area contributed by atoms with Crippen molar-refractivity contribution in [3.8, 4) is 0 Å². The molecule has 1 rings (SSSR count). The molecule has 19 heavy (non-hydrogen) atoms. The summed E-state index contributed by atoms with van der Waals surface area (Å²) in [6.07, 6.45) is 2.60. The number of aromatic nitrogens is 1. The van der Waals surface area contributed by atoms with E-state index in [9.17, 15) is 4.79 Å². The van der Waals surface area contributed by atoms with Crippen LogP contribution in [0.4, 0.5) is 5.82 Å². The maximum atomic E-state index is 11.8. The van der Waals surface area contributed by atoms with Gasteiger partial charge in [0.15, 0.2) is 0 Å².